The third kappa shape index (κ3) is 3.39. The van der Waals surface area contributed by atoms with Gasteiger partial charge in [-0.1, -0.05) is 0 Å². The lowest BCUT2D eigenvalue weighted by molar-refractivity contribution is -0.606. The summed E-state index contributed by atoms with van der Waals surface area (Å²) in [6.07, 6.45) is 5.54. The first kappa shape index (κ1) is 7.80. The quantitative estimate of drug-likeness (QED) is 0.219. The Bertz CT molecular complexity index is 144. The maximum absolute atomic E-state index is 10.1. The molecule has 0 spiro atoms. The zero-order valence-corrected chi connectivity index (χ0v) is 4.51. The second-order valence-electron chi connectivity index (χ2n) is 1.11. The lowest BCUT2D eigenvalue weighted by Gasteiger charge is -1.87. The summed E-state index contributed by atoms with van der Waals surface area (Å²) in [5.74, 6) is 0. The van der Waals surface area contributed by atoms with Gasteiger partial charge in [0.15, 0.2) is 12.4 Å². The van der Waals surface area contributed by atoms with Crippen LogP contribution in [0.1, 0.15) is 0 Å². The summed E-state index contributed by atoms with van der Waals surface area (Å²) in [6.45, 7) is 0. The van der Waals surface area contributed by atoms with Gasteiger partial charge in [-0.2, -0.15) is 4.73 Å². The molecule has 2 N–H and O–H groups in total. The molecule has 1 rings (SSSR count). The largest absolute Gasteiger partial charge is 0.619 e. The molecule has 0 radical (unpaired) electrons. The molecular formula is C4H6N2O3. The fraction of sp³-hybridized carbons (Fsp3) is 0. The van der Waals surface area contributed by atoms with Gasteiger partial charge in [0.25, 0.3) is 0 Å². The summed E-state index contributed by atoms with van der Waals surface area (Å²) < 4.78 is 0.688. The standard InChI is InChI=1S/C4H4N2O.H2O2/c7-6-3-1-5-2-4-6;1-2/h1-4H;1-2H. The van der Waals surface area contributed by atoms with Crippen LogP contribution < -0.4 is 4.73 Å². The van der Waals surface area contributed by atoms with Gasteiger partial charge >= 0.3 is 0 Å². The molecule has 0 atom stereocenters. The molecule has 5 nitrogen and oxygen atoms in total. The van der Waals surface area contributed by atoms with E-state index in [0.29, 0.717) is 4.73 Å². The number of aromatic nitrogens is 2. The van der Waals surface area contributed by atoms with Crippen LogP contribution in [0.5, 0.6) is 0 Å². The Morgan fingerprint density at radius 1 is 1.22 bits per heavy atom. The smallest absolute Gasteiger partial charge is 0.198 e. The molecule has 50 valence electrons. The molecule has 0 fully saturated rings. The van der Waals surface area contributed by atoms with Gasteiger partial charge in [0.2, 0.25) is 0 Å². The van der Waals surface area contributed by atoms with Crippen molar-refractivity contribution in [2.24, 2.45) is 0 Å². The van der Waals surface area contributed by atoms with E-state index in [1.54, 1.807) is 0 Å². The van der Waals surface area contributed by atoms with E-state index in [0.717, 1.165) is 0 Å². The molecule has 0 aliphatic carbocycles. The molecule has 1 aromatic heterocycles. The van der Waals surface area contributed by atoms with Gasteiger partial charge in [-0.05, 0) is 0 Å². The number of nitrogens with zero attached hydrogens (tertiary/aromatic N) is 2. The average Bonchev–Trinajstić information content (AvgIpc) is 1.94. The van der Waals surface area contributed by atoms with Gasteiger partial charge in [-0.15, -0.1) is 0 Å². The Labute approximate surface area is 51.4 Å². The van der Waals surface area contributed by atoms with Crippen LogP contribution in [0.15, 0.2) is 24.8 Å². The molecule has 0 aliphatic rings. The number of hydrogen-bond donors (Lipinski definition) is 2. The van der Waals surface area contributed by atoms with E-state index in [9.17, 15) is 5.21 Å². The van der Waals surface area contributed by atoms with E-state index in [1.165, 1.54) is 24.8 Å². The third-order valence-corrected chi connectivity index (χ3v) is 0.599. The van der Waals surface area contributed by atoms with Crippen LogP contribution in [0, 0.1) is 5.21 Å². The Morgan fingerprint density at radius 3 is 1.89 bits per heavy atom. The lowest BCUT2D eigenvalue weighted by Crippen LogP contribution is -2.23. The summed E-state index contributed by atoms with van der Waals surface area (Å²) in [6, 6.07) is 0. The minimum absolute atomic E-state index is 0.688. The number of rotatable bonds is 0. The van der Waals surface area contributed by atoms with Gasteiger partial charge in [0.1, 0.15) is 0 Å². The second kappa shape index (κ2) is 4.95. The third-order valence-electron chi connectivity index (χ3n) is 0.599. The normalized spacial score (nSPS) is 7.33. The summed E-state index contributed by atoms with van der Waals surface area (Å²) in [5.41, 5.74) is 0. The lowest BCUT2D eigenvalue weighted by atomic mass is 10.8. The van der Waals surface area contributed by atoms with Gasteiger partial charge < -0.3 is 5.21 Å². The molecule has 0 aliphatic heterocycles. The van der Waals surface area contributed by atoms with Crippen LogP contribution in [-0.4, -0.2) is 15.5 Å². The highest BCUT2D eigenvalue weighted by Crippen LogP contribution is 1.63. The van der Waals surface area contributed by atoms with Crippen LogP contribution in [0.25, 0.3) is 0 Å². The molecule has 1 aromatic rings. The van der Waals surface area contributed by atoms with Gasteiger partial charge in [0, 0.05) is 0 Å². The summed E-state index contributed by atoms with van der Waals surface area (Å²) in [4.78, 5) is 3.62. The first-order valence-corrected chi connectivity index (χ1v) is 2.08. The fourth-order valence-electron chi connectivity index (χ4n) is 0.308. The maximum Gasteiger partial charge on any atom is 0.198 e. The van der Waals surface area contributed by atoms with Crippen LogP contribution >= 0.6 is 0 Å². The van der Waals surface area contributed by atoms with Crippen LogP contribution in [-0.2, 0) is 0 Å². The summed E-state index contributed by atoms with van der Waals surface area (Å²) >= 11 is 0. The number of hydrogen-bond acceptors (Lipinski definition) is 4. The van der Waals surface area contributed by atoms with E-state index in [4.69, 9.17) is 10.5 Å². The maximum atomic E-state index is 10.1. The Hall–Kier alpha value is -1.20. The monoisotopic (exact) mass is 130 g/mol. The van der Waals surface area contributed by atoms with Crippen molar-refractivity contribution in [1.82, 2.24) is 4.98 Å². The highest BCUT2D eigenvalue weighted by atomic mass is 17.0. The van der Waals surface area contributed by atoms with Gasteiger partial charge in [-0.3, -0.25) is 15.5 Å². The van der Waals surface area contributed by atoms with Gasteiger partial charge in [-0.25, -0.2) is 0 Å². The van der Waals surface area contributed by atoms with Crippen molar-refractivity contribution in [3.8, 4) is 0 Å². The van der Waals surface area contributed by atoms with E-state index >= 15 is 0 Å². The first-order valence-electron chi connectivity index (χ1n) is 2.08. The molecule has 0 saturated heterocycles. The summed E-state index contributed by atoms with van der Waals surface area (Å²) in [5, 5.41) is 22.1. The molecule has 0 bridgehead atoms. The highest BCUT2D eigenvalue weighted by Gasteiger charge is 1.76. The predicted octanol–water partition coefficient (Wildman–Crippen LogP) is -0.268. The summed E-state index contributed by atoms with van der Waals surface area (Å²) in [7, 11) is 0. The molecule has 5 heteroatoms. The van der Waals surface area contributed by atoms with Crippen molar-refractivity contribution in [2.45, 2.75) is 0 Å². The molecule has 1 heterocycles. The molecular weight excluding hydrogens is 124 g/mol. The molecule has 9 heavy (non-hydrogen) atoms. The Balaban J connectivity index is 0.000000291. The van der Waals surface area contributed by atoms with Crippen LogP contribution in [0.2, 0.25) is 0 Å². The van der Waals surface area contributed by atoms with Gasteiger partial charge in [0.05, 0.1) is 12.4 Å². The van der Waals surface area contributed by atoms with Crippen LogP contribution in [0.3, 0.4) is 0 Å². The topological polar surface area (TPSA) is 80.3 Å². The first-order chi connectivity index (χ1) is 4.39. The van der Waals surface area contributed by atoms with Crippen LogP contribution in [0.4, 0.5) is 0 Å². The minimum Gasteiger partial charge on any atom is -0.619 e. The zero-order chi connectivity index (χ0) is 7.11. The fourth-order valence-corrected chi connectivity index (χ4v) is 0.308. The van der Waals surface area contributed by atoms with E-state index < -0.39 is 0 Å². The van der Waals surface area contributed by atoms with Crippen molar-refractivity contribution in [3.05, 3.63) is 30.0 Å². The molecule has 0 amide bonds. The van der Waals surface area contributed by atoms with Crippen molar-refractivity contribution in [2.75, 3.05) is 0 Å². The average molecular weight is 130 g/mol. The van der Waals surface area contributed by atoms with Crippen molar-refractivity contribution in [1.29, 1.82) is 0 Å². The van der Waals surface area contributed by atoms with Crippen molar-refractivity contribution >= 4 is 0 Å². The Morgan fingerprint density at radius 2 is 1.67 bits per heavy atom. The second-order valence-corrected chi connectivity index (χ2v) is 1.11. The Kier molecular flexibility index (Phi) is 4.29. The molecule has 0 unspecified atom stereocenters. The van der Waals surface area contributed by atoms with E-state index in [2.05, 4.69) is 4.98 Å². The van der Waals surface area contributed by atoms with E-state index in [1.807, 2.05) is 0 Å². The minimum atomic E-state index is 0.688. The van der Waals surface area contributed by atoms with Crippen molar-refractivity contribution in [3.63, 3.8) is 0 Å². The SMILES string of the molecule is OO.[O-][n+]1ccncc1. The highest BCUT2D eigenvalue weighted by molar-refractivity contribution is 4.63. The predicted molar refractivity (Wildman–Crippen MR) is 28.5 cm³/mol. The molecule has 0 saturated carbocycles. The molecule has 0 aromatic carbocycles. The van der Waals surface area contributed by atoms with E-state index in [-0.39, 0.29) is 0 Å². The van der Waals surface area contributed by atoms with Crippen molar-refractivity contribution < 1.29 is 15.2 Å². The zero-order valence-electron chi connectivity index (χ0n) is 4.51.